The molecule has 3 rings (SSSR count). The van der Waals surface area contributed by atoms with Crippen LogP contribution in [0.1, 0.15) is 67.7 Å². The third-order valence-corrected chi connectivity index (χ3v) is 5.17. The van der Waals surface area contributed by atoms with Crippen molar-refractivity contribution in [1.29, 1.82) is 0 Å². The molecular weight excluding hydrogens is 362 g/mol. The second-order valence-electron chi connectivity index (χ2n) is 7.32. The van der Waals surface area contributed by atoms with E-state index in [9.17, 15) is 4.79 Å². The third-order valence-electron chi connectivity index (χ3n) is 4.85. The fourth-order valence-corrected chi connectivity index (χ4v) is 3.79. The molecule has 0 saturated carbocycles. The summed E-state index contributed by atoms with van der Waals surface area (Å²) >= 11 is 6.42. The van der Waals surface area contributed by atoms with Gasteiger partial charge < -0.3 is 10.1 Å². The average Bonchev–Trinajstić information content (AvgIpc) is 3.28. The molecule has 1 amide bonds. The Hall–Kier alpha value is -1.85. The largest absolute Gasteiger partial charge is 0.376 e. The molecule has 1 aromatic heterocycles. The fourth-order valence-electron chi connectivity index (χ4n) is 3.58. The Balaban J connectivity index is 1.99. The van der Waals surface area contributed by atoms with Crippen molar-refractivity contribution in [3.63, 3.8) is 0 Å². The van der Waals surface area contributed by atoms with Crippen molar-refractivity contribution in [2.45, 2.75) is 58.5 Å². The maximum Gasteiger partial charge on any atom is 0.255 e. The van der Waals surface area contributed by atoms with Crippen molar-refractivity contribution in [3.8, 4) is 5.69 Å². The van der Waals surface area contributed by atoms with Gasteiger partial charge in [-0.05, 0) is 37.3 Å². The summed E-state index contributed by atoms with van der Waals surface area (Å²) < 4.78 is 7.48. The van der Waals surface area contributed by atoms with Crippen LogP contribution in [0.5, 0.6) is 0 Å². The summed E-state index contributed by atoms with van der Waals surface area (Å²) in [6.07, 6.45) is 3.84. The first kappa shape index (κ1) is 19.9. The van der Waals surface area contributed by atoms with Gasteiger partial charge in [0.05, 0.1) is 33.8 Å². The zero-order valence-corrected chi connectivity index (χ0v) is 17.1. The van der Waals surface area contributed by atoms with Gasteiger partial charge in [-0.25, -0.2) is 4.68 Å². The number of hydrogen-bond acceptors (Lipinski definition) is 3. The molecule has 1 saturated heterocycles. The van der Waals surface area contributed by atoms with E-state index in [0.29, 0.717) is 17.1 Å². The first-order chi connectivity index (χ1) is 13.0. The Bertz CT molecular complexity index is 795. The number of nitrogens with one attached hydrogen (secondary N) is 1. The molecule has 2 aromatic rings. The van der Waals surface area contributed by atoms with Crippen LogP contribution in [0.25, 0.3) is 5.69 Å². The number of halogens is 1. The predicted octanol–water partition coefficient (Wildman–Crippen LogP) is 4.51. The van der Waals surface area contributed by atoms with Gasteiger partial charge in [-0.2, -0.15) is 5.10 Å². The third kappa shape index (κ3) is 4.36. The molecule has 27 heavy (non-hydrogen) atoms. The first-order valence-corrected chi connectivity index (χ1v) is 10.2. The molecule has 1 aromatic carbocycles. The fraction of sp³-hybridized carbons (Fsp3) is 0.524. The number of nitrogens with zero attached hydrogens (tertiary/aromatic N) is 2. The molecule has 5 nitrogen and oxygen atoms in total. The number of carbonyl (C=O) groups excluding carboxylic acids is 1. The minimum Gasteiger partial charge on any atom is -0.376 e. The smallest absolute Gasteiger partial charge is 0.255 e. The molecule has 0 radical (unpaired) electrons. The number of hydrogen-bond donors (Lipinski definition) is 1. The highest BCUT2D eigenvalue weighted by Crippen LogP contribution is 2.30. The van der Waals surface area contributed by atoms with E-state index in [0.717, 1.165) is 49.4 Å². The van der Waals surface area contributed by atoms with Crippen LogP contribution in [0.4, 0.5) is 0 Å². The summed E-state index contributed by atoms with van der Waals surface area (Å²) in [5, 5.41) is 8.48. The minimum absolute atomic E-state index is 0.0732. The quantitative estimate of drug-likeness (QED) is 0.757. The maximum atomic E-state index is 13.1. The van der Waals surface area contributed by atoms with E-state index in [1.807, 2.05) is 28.9 Å². The summed E-state index contributed by atoms with van der Waals surface area (Å²) in [7, 11) is 0. The Morgan fingerprint density at radius 1 is 1.41 bits per heavy atom. The van der Waals surface area contributed by atoms with Crippen molar-refractivity contribution in [1.82, 2.24) is 15.1 Å². The van der Waals surface area contributed by atoms with E-state index in [1.165, 1.54) is 0 Å². The molecule has 1 atom stereocenters. The van der Waals surface area contributed by atoms with E-state index in [4.69, 9.17) is 21.4 Å². The topological polar surface area (TPSA) is 56.2 Å². The second kappa shape index (κ2) is 8.89. The van der Waals surface area contributed by atoms with Crippen molar-refractivity contribution < 1.29 is 9.53 Å². The van der Waals surface area contributed by atoms with Gasteiger partial charge in [0.1, 0.15) is 0 Å². The Morgan fingerprint density at radius 2 is 2.19 bits per heavy atom. The lowest BCUT2D eigenvalue weighted by Gasteiger charge is -2.15. The van der Waals surface area contributed by atoms with Crippen LogP contribution >= 0.6 is 11.6 Å². The van der Waals surface area contributed by atoms with Crippen molar-refractivity contribution in [3.05, 3.63) is 46.2 Å². The highest BCUT2D eigenvalue weighted by molar-refractivity contribution is 6.32. The maximum absolute atomic E-state index is 13.1. The van der Waals surface area contributed by atoms with E-state index in [-0.39, 0.29) is 17.9 Å². The zero-order valence-electron chi connectivity index (χ0n) is 16.3. The number of rotatable bonds is 7. The van der Waals surface area contributed by atoms with Crippen molar-refractivity contribution >= 4 is 17.5 Å². The number of amides is 1. The highest BCUT2D eigenvalue weighted by Gasteiger charge is 2.27. The standard InChI is InChI=1S/C21H28ClN3O2/c1-4-8-17-19(21(26)23-13-15-9-7-12-27-15)20(14(2)3)25(24-17)18-11-6-5-10-16(18)22/h5-6,10-11,14-15H,4,7-9,12-13H2,1-3H3,(H,23,26). The lowest BCUT2D eigenvalue weighted by atomic mass is 10.0. The summed E-state index contributed by atoms with van der Waals surface area (Å²) in [5.74, 6) is 0.0545. The molecular formula is C21H28ClN3O2. The van der Waals surface area contributed by atoms with Gasteiger partial charge in [-0.15, -0.1) is 0 Å². The monoisotopic (exact) mass is 389 g/mol. The normalized spacial score (nSPS) is 16.9. The van der Waals surface area contributed by atoms with Crippen LogP contribution in [-0.2, 0) is 11.2 Å². The van der Waals surface area contributed by atoms with Gasteiger partial charge in [-0.1, -0.05) is 50.9 Å². The van der Waals surface area contributed by atoms with Gasteiger partial charge in [-0.3, -0.25) is 4.79 Å². The van der Waals surface area contributed by atoms with Crippen LogP contribution in [0.15, 0.2) is 24.3 Å². The molecule has 1 aliphatic rings. The first-order valence-electron chi connectivity index (χ1n) is 9.79. The van der Waals surface area contributed by atoms with Crippen molar-refractivity contribution in [2.75, 3.05) is 13.2 Å². The number of ether oxygens (including phenoxy) is 1. The highest BCUT2D eigenvalue weighted by atomic mass is 35.5. The van der Waals surface area contributed by atoms with E-state index < -0.39 is 0 Å². The van der Waals surface area contributed by atoms with Gasteiger partial charge >= 0.3 is 0 Å². The minimum atomic E-state index is -0.0732. The van der Waals surface area contributed by atoms with Gasteiger partial charge in [0.2, 0.25) is 0 Å². The Morgan fingerprint density at radius 3 is 2.81 bits per heavy atom. The molecule has 2 heterocycles. The van der Waals surface area contributed by atoms with Crippen LogP contribution < -0.4 is 5.32 Å². The van der Waals surface area contributed by atoms with E-state index in [1.54, 1.807) is 0 Å². The lowest BCUT2D eigenvalue weighted by Crippen LogP contribution is -2.32. The molecule has 6 heteroatoms. The molecule has 1 unspecified atom stereocenters. The predicted molar refractivity (Wildman–Crippen MR) is 108 cm³/mol. The van der Waals surface area contributed by atoms with Gasteiger partial charge in [0.25, 0.3) is 5.91 Å². The number of para-hydroxylation sites is 1. The zero-order chi connectivity index (χ0) is 19.4. The summed E-state index contributed by atoms with van der Waals surface area (Å²) in [5.41, 5.74) is 3.21. The second-order valence-corrected chi connectivity index (χ2v) is 7.73. The number of benzene rings is 1. The molecule has 0 spiro atoms. The SMILES string of the molecule is CCCc1nn(-c2ccccc2Cl)c(C(C)C)c1C(=O)NCC1CCCO1. The number of aromatic nitrogens is 2. The number of carbonyl (C=O) groups is 1. The molecule has 146 valence electrons. The molecule has 1 fully saturated rings. The van der Waals surface area contributed by atoms with Gasteiger partial charge in [0, 0.05) is 13.2 Å². The Kier molecular flexibility index (Phi) is 6.55. The molecule has 1 N–H and O–H groups in total. The summed E-state index contributed by atoms with van der Waals surface area (Å²) in [4.78, 5) is 13.1. The van der Waals surface area contributed by atoms with Crippen LogP contribution in [0, 0.1) is 0 Å². The average molecular weight is 390 g/mol. The van der Waals surface area contributed by atoms with Gasteiger partial charge in [0.15, 0.2) is 0 Å². The molecule has 0 bridgehead atoms. The van der Waals surface area contributed by atoms with Crippen LogP contribution in [-0.4, -0.2) is 34.9 Å². The Labute approximate surface area is 166 Å². The van der Waals surface area contributed by atoms with E-state index >= 15 is 0 Å². The molecule has 0 aliphatic carbocycles. The van der Waals surface area contributed by atoms with Crippen LogP contribution in [0.2, 0.25) is 5.02 Å². The summed E-state index contributed by atoms with van der Waals surface area (Å²) in [6, 6.07) is 7.61. The summed E-state index contributed by atoms with van der Waals surface area (Å²) in [6.45, 7) is 7.58. The number of aryl methyl sites for hydroxylation is 1. The lowest BCUT2D eigenvalue weighted by molar-refractivity contribution is 0.0856. The molecule has 1 aliphatic heterocycles. The van der Waals surface area contributed by atoms with Crippen LogP contribution in [0.3, 0.4) is 0 Å². The van der Waals surface area contributed by atoms with E-state index in [2.05, 4.69) is 26.1 Å². The van der Waals surface area contributed by atoms with Crippen molar-refractivity contribution in [2.24, 2.45) is 0 Å².